The fourth-order valence-electron chi connectivity index (χ4n) is 4.77. The van der Waals surface area contributed by atoms with Crippen molar-refractivity contribution in [3.05, 3.63) is 83.4 Å². The highest BCUT2D eigenvalue weighted by atomic mass is 19.1. The molecule has 3 heterocycles. The number of pyridine rings is 1. The number of hydrogen-bond donors (Lipinski definition) is 1. The first-order valence-electron chi connectivity index (χ1n) is 14.1. The highest BCUT2D eigenvalue weighted by molar-refractivity contribution is 5.67. The monoisotopic (exact) mass is 540 g/mol. The largest absolute Gasteiger partial charge is 0.368 e. The minimum absolute atomic E-state index is 0.0228. The molecular weight excluding hydrogens is 503 g/mol. The zero-order chi connectivity index (χ0) is 28.4. The Morgan fingerprint density at radius 3 is 2.38 bits per heavy atom. The minimum Gasteiger partial charge on any atom is -0.368 e. The van der Waals surface area contributed by atoms with Crippen LogP contribution in [0.4, 0.5) is 10.3 Å². The molecule has 4 rings (SSSR count). The van der Waals surface area contributed by atoms with Gasteiger partial charge in [0, 0.05) is 18.9 Å². The van der Waals surface area contributed by atoms with E-state index in [1.54, 1.807) is 35.1 Å². The van der Waals surface area contributed by atoms with Crippen molar-refractivity contribution in [3.8, 4) is 22.6 Å². The lowest BCUT2D eigenvalue weighted by Crippen LogP contribution is -2.20. The molecule has 40 heavy (non-hydrogen) atoms. The first-order chi connectivity index (χ1) is 19.4. The van der Waals surface area contributed by atoms with Gasteiger partial charge in [-0.25, -0.2) is 30.6 Å². The molecule has 0 bridgehead atoms. The number of unbranched alkanes of at least 4 members (excludes halogenated alkanes) is 7. The molecule has 1 atom stereocenters. The Labute approximate surface area is 235 Å². The fourth-order valence-corrected chi connectivity index (χ4v) is 4.77. The predicted molar refractivity (Wildman–Crippen MR) is 155 cm³/mol. The van der Waals surface area contributed by atoms with E-state index >= 15 is 0 Å². The second-order valence-electron chi connectivity index (χ2n) is 10.4. The van der Waals surface area contributed by atoms with Gasteiger partial charge in [0.05, 0.1) is 29.8 Å². The average Bonchev–Trinajstić information content (AvgIpc) is 3.43. The second-order valence-corrected chi connectivity index (χ2v) is 10.4. The van der Waals surface area contributed by atoms with Gasteiger partial charge in [-0.3, -0.25) is 0 Å². The van der Waals surface area contributed by atoms with Gasteiger partial charge >= 0.3 is 0 Å². The number of nitrogens with zero attached hydrogens (tertiary/aromatic N) is 7. The van der Waals surface area contributed by atoms with Crippen molar-refractivity contribution in [2.75, 3.05) is 5.73 Å². The van der Waals surface area contributed by atoms with Crippen LogP contribution in [0.15, 0.2) is 54.7 Å². The third-order valence-corrected chi connectivity index (χ3v) is 7.14. The van der Waals surface area contributed by atoms with Crippen LogP contribution in [0.1, 0.15) is 83.0 Å². The number of aromatic nitrogens is 6. The Balaban J connectivity index is 1.42. The standard InChI is InChI=1S/C31H37FN8/c1-4-5-6-7-8-9-10-13-19-31(2,34-3)29-18-14-15-23(35-29)21-40-22-28(38-39-40)27-20-26(36-30(33)37-27)24-16-11-12-17-25(24)32/h11-12,14-18,20,22H,4-10,13,19,21H2,1-2H3,(H2,33,36,37). The van der Waals surface area contributed by atoms with Crippen LogP contribution in [-0.4, -0.2) is 29.9 Å². The SMILES string of the molecule is [C-]#[N+]C(C)(CCCCCCCCCC)c1cccc(Cn2cc(-c3cc(-c4ccccc4F)nc(N)n3)nn2)n1. The zero-order valence-corrected chi connectivity index (χ0v) is 23.4. The van der Waals surface area contributed by atoms with Gasteiger partial charge < -0.3 is 10.6 Å². The van der Waals surface area contributed by atoms with Crippen LogP contribution >= 0.6 is 0 Å². The van der Waals surface area contributed by atoms with Gasteiger partial charge in [-0.05, 0) is 36.8 Å². The maximum atomic E-state index is 14.3. The normalized spacial score (nSPS) is 12.7. The molecule has 8 nitrogen and oxygen atoms in total. The van der Waals surface area contributed by atoms with Crippen LogP contribution in [-0.2, 0) is 12.1 Å². The number of nitrogen functional groups attached to an aromatic ring is 1. The number of nitrogens with two attached hydrogens (primary N) is 1. The van der Waals surface area contributed by atoms with Gasteiger partial charge in [-0.15, -0.1) is 5.10 Å². The predicted octanol–water partition coefficient (Wildman–Crippen LogP) is 7.23. The molecule has 0 spiro atoms. The number of benzene rings is 1. The molecular formula is C31H37FN8. The molecule has 2 N–H and O–H groups in total. The van der Waals surface area contributed by atoms with Crippen LogP contribution in [0.2, 0.25) is 0 Å². The lowest BCUT2D eigenvalue weighted by atomic mass is 9.90. The highest BCUT2D eigenvalue weighted by Crippen LogP contribution is 2.31. The quantitative estimate of drug-likeness (QED) is 0.134. The van der Waals surface area contributed by atoms with Crippen LogP contribution in [0.3, 0.4) is 0 Å². The summed E-state index contributed by atoms with van der Waals surface area (Å²) in [5.74, 6) is -0.371. The summed E-state index contributed by atoms with van der Waals surface area (Å²) in [6.45, 7) is 12.5. The van der Waals surface area contributed by atoms with Crippen molar-refractivity contribution in [2.24, 2.45) is 0 Å². The molecule has 0 aliphatic rings. The van der Waals surface area contributed by atoms with Gasteiger partial charge in [0.2, 0.25) is 5.95 Å². The summed E-state index contributed by atoms with van der Waals surface area (Å²) in [4.78, 5) is 17.3. The topological polar surface area (TPSA) is 99.8 Å². The molecule has 0 saturated heterocycles. The molecule has 1 unspecified atom stereocenters. The van der Waals surface area contributed by atoms with Gasteiger partial charge in [0.1, 0.15) is 17.2 Å². The van der Waals surface area contributed by atoms with E-state index in [0.29, 0.717) is 29.2 Å². The van der Waals surface area contributed by atoms with E-state index in [0.717, 1.165) is 30.7 Å². The minimum atomic E-state index is -0.659. The summed E-state index contributed by atoms with van der Waals surface area (Å²) in [5, 5.41) is 8.48. The van der Waals surface area contributed by atoms with Gasteiger partial charge in [0.25, 0.3) is 5.54 Å². The zero-order valence-electron chi connectivity index (χ0n) is 23.4. The van der Waals surface area contributed by atoms with Crippen molar-refractivity contribution in [1.82, 2.24) is 29.9 Å². The van der Waals surface area contributed by atoms with Crippen LogP contribution in [0, 0.1) is 12.4 Å². The van der Waals surface area contributed by atoms with E-state index in [1.807, 2.05) is 25.1 Å². The van der Waals surface area contributed by atoms with E-state index in [-0.39, 0.29) is 5.95 Å². The number of halogens is 1. The molecule has 0 aliphatic carbocycles. The van der Waals surface area contributed by atoms with E-state index in [2.05, 4.69) is 32.0 Å². The summed E-state index contributed by atoms with van der Waals surface area (Å²) in [7, 11) is 0. The van der Waals surface area contributed by atoms with Crippen LogP contribution < -0.4 is 5.73 Å². The molecule has 0 fully saturated rings. The lowest BCUT2D eigenvalue weighted by molar-refractivity contribution is 0.468. The summed E-state index contributed by atoms with van der Waals surface area (Å²) in [5.41, 5.74) is 8.48. The molecule has 1 aromatic carbocycles. The molecule has 0 aliphatic heterocycles. The van der Waals surface area contributed by atoms with Crippen molar-refractivity contribution < 1.29 is 4.39 Å². The molecule has 9 heteroatoms. The summed E-state index contributed by atoms with van der Waals surface area (Å²) >= 11 is 0. The van der Waals surface area contributed by atoms with E-state index in [9.17, 15) is 4.39 Å². The number of anilines is 1. The second kappa shape index (κ2) is 13.7. The molecule has 3 aromatic heterocycles. The van der Waals surface area contributed by atoms with Crippen molar-refractivity contribution in [2.45, 2.75) is 83.7 Å². The summed E-state index contributed by atoms with van der Waals surface area (Å²) in [6.07, 6.45) is 12.4. The molecule has 4 aromatic rings. The Hall–Kier alpha value is -4.19. The Morgan fingerprint density at radius 2 is 1.62 bits per heavy atom. The lowest BCUT2D eigenvalue weighted by Gasteiger charge is -2.17. The average molecular weight is 541 g/mol. The Bertz CT molecular complexity index is 1440. The first-order valence-corrected chi connectivity index (χ1v) is 14.1. The van der Waals surface area contributed by atoms with Crippen molar-refractivity contribution in [3.63, 3.8) is 0 Å². The summed E-state index contributed by atoms with van der Waals surface area (Å²) < 4.78 is 16.0. The van der Waals surface area contributed by atoms with E-state index in [4.69, 9.17) is 17.3 Å². The van der Waals surface area contributed by atoms with Crippen LogP contribution in [0.25, 0.3) is 27.5 Å². The maximum absolute atomic E-state index is 14.3. The van der Waals surface area contributed by atoms with Gasteiger partial charge in [-0.1, -0.05) is 75.3 Å². The third kappa shape index (κ3) is 7.47. The third-order valence-electron chi connectivity index (χ3n) is 7.14. The van der Waals surface area contributed by atoms with E-state index < -0.39 is 11.4 Å². The molecule has 208 valence electrons. The van der Waals surface area contributed by atoms with E-state index in [1.165, 1.54) is 44.6 Å². The van der Waals surface area contributed by atoms with Crippen molar-refractivity contribution >= 4 is 5.95 Å². The Kier molecular flexibility index (Phi) is 9.90. The summed E-state index contributed by atoms with van der Waals surface area (Å²) in [6, 6.07) is 13.8. The number of hydrogen-bond acceptors (Lipinski definition) is 6. The van der Waals surface area contributed by atoms with Gasteiger partial charge in [0.15, 0.2) is 0 Å². The first kappa shape index (κ1) is 28.8. The van der Waals surface area contributed by atoms with Gasteiger partial charge in [-0.2, -0.15) is 0 Å². The molecule has 0 saturated carbocycles. The molecule has 0 radical (unpaired) electrons. The highest BCUT2D eigenvalue weighted by Gasteiger charge is 2.34. The molecule has 0 amide bonds. The number of rotatable bonds is 14. The Morgan fingerprint density at radius 1 is 0.900 bits per heavy atom. The van der Waals surface area contributed by atoms with Crippen LogP contribution in [0.5, 0.6) is 0 Å². The smallest absolute Gasteiger partial charge is 0.271 e. The van der Waals surface area contributed by atoms with Crippen molar-refractivity contribution in [1.29, 1.82) is 0 Å². The fraction of sp³-hybridized carbons (Fsp3) is 0.419. The maximum Gasteiger partial charge on any atom is 0.271 e.